The summed E-state index contributed by atoms with van der Waals surface area (Å²) in [4.78, 5) is 12.1. The van der Waals surface area contributed by atoms with Gasteiger partial charge in [0.2, 0.25) is 0 Å². The van der Waals surface area contributed by atoms with Gasteiger partial charge in [-0.25, -0.2) is 0 Å². The van der Waals surface area contributed by atoms with E-state index in [0.29, 0.717) is 10.8 Å². The van der Waals surface area contributed by atoms with E-state index in [0.717, 1.165) is 5.56 Å². The largest absolute Gasteiger partial charge is 0.481 e. The molecule has 0 fully saturated rings. The lowest BCUT2D eigenvalue weighted by molar-refractivity contribution is -0.127. The summed E-state index contributed by atoms with van der Waals surface area (Å²) in [5, 5.41) is 3.52. The highest BCUT2D eigenvalue weighted by Gasteiger charge is 2.17. The fourth-order valence-corrected chi connectivity index (χ4v) is 2.13. The topological polar surface area (TPSA) is 38.3 Å². The van der Waals surface area contributed by atoms with Gasteiger partial charge in [-0.15, -0.1) is 0 Å². The average molecular weight is 304 g/mol. The number of carbonyl (C=O) groups excluding carboxylic acids is 1. The number of ether oxygens (including phenoxy) is 1. The molecule has 2 aromatic rings. The molecule has 1 N–H and O–H groups in total. The molecule has 0 aliphatic rings. The van der Waals surface area contributed by atoms with Crippen LogP contribution in [0.3, 0.4) is 0 Å². The molecular formula is C17H18ClNO2. The molecule has 21 heavy (non-hydrogen) atoms. The minimum absolute atomic E-state index is 0.0656. The Labute approximate surface area is 129 Å². The van der Waals surface area contributed by atoms with Crippen LogP contribution in [-0.2, 0) is 4.79 Å². The Morgan fingerprint density at radius 3 is 2.48 bits per heavy atom. The van der Waals surface area contributed by atoms with E-state index in [9.17, 15) is 4.79 Å². The fraction of sp³-hybridized carbons (Fsp3) is 0.235. The molecular weight excluding hydrogens is 286 g/mol. The Kier molecular flexibility index (Phi) is 5.23. The smallest absolute Gasteiger partial charge is 0.261 e. The molecule has 0 saturated carbocycles. The first-order valence-corrected chi connectivity index (χ1v) is 7.21. The standard InChI is InChI=1S/C17H18ClNO2/c1-12(14-7-4-3-5-8-14)19-17(20)13(2)21-16-10-6-9-15(18)11-16/h3-13H,1-2H3,(H,19,20)/t12-,13-/m1/s1. The third-order valence-corrected chi connectivity index (χ3v) is 3.37. The summed E-state index contributed by atoms with van der Waals surface area (Å²) in [6.07, 6.45) is -0.588. The van der Waals surface area contributed by atoms with Crippen LogP contribution in [0.2, 0.25) is 5.02 Å². The molecule has 2 rings (SSSR count). The van der Waals surface area contributed by atoms with Gasteiger partial charge in [-0.05, 0) is 37.6 Å². The predicted octanol–water partition coefficient (Wildman–Crippen LogP) is 3.98. The van der Waals surface area contributed by atoms with E-state index in [1.165, 1.54) is 0 Å². The number of nitrogens with one attached hydrogen (secondary N) is 1. The molecule has 2 aromatic carbocycles. The van der Waals surface area contributed by atoms with Gasteiger partial charge in [0.05, 0.1) is 6.04 Å². The number of hydrogen-bond acceptors (Lipinski definition) is 2. The molecule has 110 valence electrons. The summed E-state index contributed by atoms with van der Waals surface area (Å²) < 4.78 is 5.60. The van der Waals surface area contributed by atoms with Crippen molar-refractivity contribution < 1.29 is 9.53 Å². The molecule has 4 heteroatoms. The first kappa shape index (κ1) is 15.4. The van der Waals surface area contributed by atoms with Crippen LogP contribution in [0.4, 0.5) is 0 Å². The van der Waals surface area contributed by atoms with Gasteiger partial charge < -0.3 is 10.1 Å². The quantitative estimate of drug-likeness (QED) is 0.907. The highest BCUT2D eigenvalue weighted by atomic mass is 35.5. The second kappa shape index (κ2) is 7.14. The van der Waals surface area contributed by atoms with Crippen LogP contribution < -0.4 is 10.1 Å². The number of amides is 1. The maximum absolute atomic E-state index is 12.1. The molecule has 3 nitrogen and oxygen atoms in total. The van der Waals surface area contributed by atoms with Crippen molar-refractivity contribution >= 4 is 17.5 Å². The average Bonchev–Trinajstić information content (AvgIpc) is 2.48. The summed E-state index contributed by atoms with van der Waals surface area (Å²) >= 11 is 5.89. The number of rotatable bonds is 5. The minimum Gasteiger partial charge on any atom is -0.481 e. The summed E-state index contributed by atoms with van der Waals surface area (Å²) in [6.45, 7) is 3.66. The minimum atomic E-state index is -0.588. The van der Waals surface area contributed by atoms with Crippen molar-refractivity contribution in [1.29, 1.82) is 0 Å². The Morgan fingerprint density at radius 1 is 1.10 bits per heavy atom. The van der Waals surface area contributed by atoms with Gasteiger partial charge in [-0.1, -0.05) is 48.0 Å². The van der Waals surface area contributed by atoms with Crippen molar-refractivity contribution in [2.24, 2.45) is 0 Å². The van der Waals surface area contributed by atoms with E-state index in [1.807, 2.05) is 37.3 Å². The normalized spacial score (nSPS) is 13.3. The Bertz CT molecular complexity index is 601. The first-order chi connectivity index (χ1) is 10.1. The molecule has 0 radical (unpaired) electrons. The monoisotopic (exact) mass is 303 g/mol. The zero-order chi connectivity index (χ0) is 15.2. The second-order valence-corrected chi connectivity index (χ2v) is 5.29. The highest BCUT2D eigenvalue weighted by molar-refractivity contribution is 6.30. The molecule has 0 heterocycles. The molecule has 1 amide bonds. The lowest BCUT2D eigenvalue weighted by atomic mass is 10.1. The van der Waals surface area contributed by atoms with Gasteiger partial charge in [-0.2, -0.15) is 0 Å². The summed E-state index contributed by atoms with van der Waals surface area (Å²) in [5.41, 5.74) is 1.06. The molecule has 0 unspecified atom stereocenters. The molecule has 0 aliphatic carbocycles. The fourth-order valence-electron chi connectivity index (χ4n) is 1.95. The summed E-state index contributed by atoms with van der Waals surface area (Å²) in [6, 6.07) is 16.7. The third kappa shape index (κ3) is 4.50. The Hall–Kier alpha value is -2.00. The van der Waals surface area contributed by atoms with E-state index in [2.05, 4.69) is 5.32 Å². The van der Waals surface area contributed by atoms with E-state index in [-0.39, 0.29) is 11.9 Å². The Morgan fingerprint density at radius 2 is 1.81 bits per heavy atom. The van der Waals surface area contributed by atoms with Gasteiger partial charge in [0.15, 0.2) is 6.10 Å². The number of benzene rings is 2. The molecule has 0 bridgehead atoms. The van der Waals surface area contributed by atoms with Crippen LogP contribution in [0, 0.1) is 0 Å². The number of hydrogen-bond donors (Lipinski definition) is 1. The van der Waals surface area contributed by atoms with Gasteiger partial charge in [-0.3, -0.25) is 4.79 Å². The highest BCUT2D eigenvalue weighted by Crippen LogP contribution is 2.19. The number of carbonyl (C=O) groups is 1. The van der Waals surface area contributed by atoms with Crippen molar-refractivity contribution in [1.82, 2.24) is 5.32 Å². The van der Waals surface area contributed by atoms with Crippen LogP contribution in [0.25, 0.3) is 0 Å². The lowest BCUT2D eigenvalue weighted by Crippen LogP contribution is -2.37. The van der Waals surface area contributed by atoms with Crippen LogP contribution >= 0.6 is 11.6 Å². The SMILES string of the molecule is C[C@@H](Oc1cccc(Cl)c1)C(=O)N[C@H](C)c1ccccc1. The molecule has 0 aliphatic heterocycles. The van der Waals surface area contributed by atoms with E-state index in [4.69, 9.17) is 16.3 Å². The maximum Gasteiger partial charge on any atom is 0.261 e. The first-order valence-electron chi connectivity index (χ1n) is 6.84. The van der Waals surface area contributed by atoms with Crippen LogP contribution in [0.15, 0.2) is 54.6 Å². The van der Waals surface area contributed by atoms with E-state index < -0.39 is 6.10 Å². The Balaban J connectivity index is 1.94. The summed E-state index contributed by atoms with van der Waals surface area (Å²) in [7, 11) is 0. The summed E-state index contributed by atoms with van der Waals surface area (Å²) in [5.74, 6) is 0.420. The van der Waals surface area contributed by atoms with Gasteiger partial charge in [0, 0.05) is 5.02 Å². The zero-order valence-electron chi connectivity index (χ0n) is 12.0. The zero-order valence-corrected chi connectivity index (χ0v) is 12.8. The van der Waals surface area contributed by atoms with Crippen LogP contribution in [-0.4, -0.2) is 12.0 Å². The maximum atomic E-state index is 12.1. The van der Waals surface area contributed by atoms with Crippen molar-refractivity contribution in [3.63, 3.8) is 0 Å². The van der Waals surface area contributed by atoms with Crippen LogP contribution in [0.5, 0.6) is 5.75 Å². The third-order valence-electron chi connectivity index (χ3n) is 3.14. The van der Waals surface area contributed by atoms with Gasteiger partial charge in [0.1, 0.15) is 5.75 Å². The van der Waals surface area contributed by atoms with E-state index in [1.54, 1.807) is 31.2 Å². The van der Waals surface area contributed by atoms with Gasteiger partial charge >= 0.3 is 0 Å². The predicted molar refractivity (Wildman–Crippen MR) is 84.5 cm³/mol. The molecule has 0 saturated heterocycles. The molecule has 0 aromatic heterocycles. The molecule has 0 spiro atoms. The van der Waals surface area contributed by atoms with Crippen molar-refractivity contribution in [2.45, 2.75) is 26.0 Å². The van der Waals surface area contributed by atoms with Gasteiger partial charge in [0.25, 0.3) is 5.91 Å². The molecule has 2 atom stereocenters. The van der Waals surface area contributed by atoms with Crippen molar-refractivity contribution in [3.8, 4) is 5.75 Å². The van der Waals surface area contributed by atoms with E-state index >= 15 is 0 Å². The number of halogens is 1. The second-order valence-electron chi connectivity index (χ2n) is 4.86. The van der Waals surface area contributed by atoms with Crippen molar-refractivity contribution in [2.75, 3.05) is 0 Å². The van der Waals surface area contributed by atoms with Crippen LogP contribution in [0.1, 0.15) is 25.5 Å². The van der Waals surface area contributed by atoms with Crippen molar-refractivity contribution in [3.05, 3.63) is 65.2 Å². The lowest BCUT2D eigenvalue weighted by Gasteiger charge is -2.19.